The average molecular weight is 439 g/mol. The van der Waals surface area contributed by atoms with Gasteiger partial charge in [0.25, 0.3) is 0 Å². The Bertz CT molecular complexity index is 1510. The van der Waals surface area contributed by atoms with Gasteiger partial charge in [0.1, 0.15) is 18.2 Å². The predicted molar refractivity (Wildman–Crippen MR) is 140 cm³/mol. The molecule has 0 N–H and O–H groups in total. The second-order valence-corrected chi connectivity index (χ2v) is 15.2. The second kappa shape index (κ2) is 7.31. The zero-order valence-corrected chi connectivity index (χ0v) is 21.2. The van der Waals surface area contributed by atoms with Crippen molar-refractivity contribution in [1.29, 1.82) is 0 Å². The first-order chi connectivity index (χ1) is 15.2. The standard InChI is InChI=1S/C29H32NOSi/c1-18(2)32(6,7)27-17-25(30(5)24-14-10-8-13-22(24)27)28-20(4)19(3)16-23-21-12-9-11-15-26(21)31-29(23)28/h8-18H,1-7H3/q+1. The lowest BCUT2D eigenvalue weighted by Gasteiger charge is -2.28. The van der Waals surface area contributed by atoms with Gasteiger partial charge in [-0.3, -0.25) is 0 Å². The van der Waals surface area contributed by atoms with Gasteiger partial charge in [0.2, 0.25) is 11.2 Å². The van der Waals surface area contributed by atoms with E-state index in [9.17, 15) is 0 Å². The monoisotopic (exact) mass is 438 g/mol. The lowest BCUT2D eigenvalue weighted by molar-refractivity contribution is -0.633. The Morgan fingerprint density at radius 1 is 0.844 bits per heavy atom. The number of hydrogen-bond acceptors (Lipinski definition) is 1. The Morgan fingerprint density at radius 3 is 2.22 bits per heavy atom. The SMILES string of the molecule is Cc1cc2c(oc3ccccc32)c(-c2cc([Si](C)(C)C(C)C)c3ccccc3[n+]2C)c1C. The number of benzene rings is 3. The summed E-state index contributed by atoms with van der Waals surface area (Å²) in [5.74, 6) is 0. The van der Waals surface area contributed by atoms with Crippen molar-refractivity contribution in [3.8, 4) is 11.3 Å². The lowest BCUT2D eigenvalue weighted by atomic mass is 9.96. The molecule has 162 valence electrons. The van der Waals surface area contributed by atoms with E-state index in [1.807, 2.05) is 0 Å². The summed E-state index contributed by atoms with van der Waals surface area (Å²) in [6, 6.07) is 22.0. The first-order valence-electron chi connectivity index (χ1n) is 11.6. The molecule has 0 atom stereocenters. The highest BCUT2D eigenvalue weighted by atomic mass is 28.3. The third-order valence-electron chi connectivity index (χ3n) is 7.78. The quantitative estimate of drug-likeness (QED) is 0.215. The summed E-state index contributed by atoms with van der Waals surface area (Å²) in [5, 5.41) is 5.30. The molecule has 0 aliphatic rings. The van der Waals surface area contributed by atoms with Crippen LogP contribution >= 0.6 is 0 Å². The summed E-state index contributed by atoms with van der Waals surface area (Å²) in [5.41, 5.74) is 8.93. The van der Waals surface area contributed by atoms with E-state index in [0.717, 1.165) is 11.2 Å². The van der Waals surface area contributed by atoms with Crippen LogP contribution in [0.5, 0.6) is 0 Å². The molecular weight excluding hydrogens is 406 g/mol. The van der Waals surface area contributed by atoms with Crippen molar-refractivity contribution < 1.29 is 8.98 Å². The van der Waals surface area contributed by atoms with E-state index in [2.05, 4.69) is 113 Å². The summed E-state index contributed by atoms with van der Waals surface area (Å²) in [7, 11) is 0.513. The molecule has 0 amide bonds. The Kier molecular flexibility index (Phi) is 4.79. The van der Waals surface area contributed by atoms with Crippen LogP contribution in [-0.2, 0) is 7.05 Å². The first-order valence-corrected chi connectivity index (χ1v) is 14.6. The summed E-state index contributed by atoms with van der Waals surface area (Å²) in [6.45, 7) is 14.2. The highest BCUT2D eigenvalue weighted by Gasteiger charge is 2.33. The maximum absolute atomic E-state index is 6.51. The second-order valence-electron chi connectivity index (χ2n) is 10.1. The molecule has 3 heteroatoms. The number of fused-ring (bicyclic) bond motifs is 4. The fourth-order valence-corrected chi connectivity index (χ4v) is 6.95. The number of aryl methyl sites for hydroxylation is 2. The summed E-state index contributed by atoms with van der Waals surface area (Å²) >= 11 is 0. The fraction of sp³-hybridized carbons (Fsp3) is 0.276. The van der Waals surface area contributed by atoms with Gasteiger partial charge in [-0.05, 0) is 53.9 Å². The third kappa shape index (κ3) is 2.95. The minimum atomic E-state index is -1.68. The van der Waals surface area contributed by atoms with Crippen molar-refractivity contribution >= 4 is 46.1 Å². The molecule has 2 heterocycles. The van der Waals surface area contributed by atoms with Crippen LogP contribution in [0.15, 0.2) is 65.1 Å². The smallest absolute Gasteiger partial charge is 0.216 e. The van der Waals surface area contributed by atoms with E-state index in [4.69, 9.17) is 4.42 Å². The predicted octanol–water partition coefficient (Wildman–Crippen LogP) is 7.17. The van der Waals surface area contributed by atoms with Gasteiger partial charge in [0.15, 0.2) is 0 Å². The summed E-state index contributed by atoms with van der Waals surface area (Å²) < 4.78 is 8.87. The molecule has 0 bridgehead atoms. The topological polar surface area (TPSA) is 17.0 Å². The molecule has 2 nitrogen and oxygen atoms in total. The molecule has 0 radical (unpaired) electrons. The van der Waals surface area contributed by atoms with Gasteiger partial charge < -0.3 is 4.42 Å². The number of aromatic nitrogens is 1. The van der Waals surface area contributed by atoms with Crippen LogP contribution in [0.25, 0.3) is 44.1 Å². The first kappa shape index (κ1) is 21.0. The van der Waals surface area contributed by atoms with Gasteiger partial charge in [0, 0.05) is 28.3 Å². The van der Waals surface area contributed by atoms with E-state index >= 15 is 0 Å². The molecule has 0 spiro atoms. The van der Waals surface area contributed by atoms with Crippen molar-refractivity contribution in [1.82, 2.24) is 0 Å². The molecule has 32 heavy (non-hydrogen) atoms. The average Bonchev–Trinajstić information content (AvgIpc) is 3.13. The van der Waals surface area contributed by atoms with E-state index < -0.39 is 8.07 Å². The van der Waals surface area contributed by atoms with Crippen molar-refractivity contribution in [3.05, 3.63) is 71.8 Å². The van der Waals surface area contributed by atoms with Gasteiger partial charge in [0.05, 0.1) is 13.6 Å². The molecule has 0 aliphatic carbocycles. The Morgan fingerprint density at radius 2 is 1.50 bits per heavy atom. The Balaban J connectivity index is 1.96. The molecule has 0 aliphatic heterocycles. The van der Waals surface area contributed by atoms with Crippen LogP contribution in [0, 0.1) is 13.8 Å². The number of pyridine rings is 1. The van der Waals surface area contributed by atoms with Crippen LogP contribution in [0.1, 0.15) is 25.0 Å². The Hall–Kier alpha value is -2.91. The number of nitrogens with zero attached hydrogens (tertiary/aromatic N) is 1. The van der Waals surface area contributed by atoms with Crippen LogP contribution in [0.2, 0.25) is 18.6 Å². The highest BCUT2D eigenvalue weighted by molar-refractivity contribution is 6.92. The van der Waals surface area contributed by atoms with Gasteiger partial charge in [-0.25, -0.2) is 0 Å². The van der Waals surface area contributed by atoms with Crippen molar-refractivity contribution in [2.45, 2.75) is 46.3 Å². The molecule has 0 unspecified atom stereocenters. The zero-order valence-electron chi connectivity index (χ0n) is 20.2. The number of para-hydroxylation sites is 2. The maximum atomic E-state index is 6.51. The molecule has 0 saturated heterocycles. The maximum Gasteiger partial charge on any atom is 0.216 e. The molecule has 5 rings (SSSR count). The number of rotatable bonds is 3. The number of furan rings is 1. The molecule has 3 aromatic carbocycles. The zero-order chi connectivity index (χ0) is 22.8. The van der Waals surface area contributed by atoms with Gasteiger partial charge in [-0.1, -0.05) is 57.3 Å². The van der Waals surface area contributed by atoms with Gasteiger partial charge in [-0.15, -0.1) is 0 Å². The fourth-order valence-electron chi connectivity index (χ4n) is 4.91. The van der Waals surface area contributed by atoms with Crippen LogP contribution < -0.4 is 9.75 Å². The van der Waals surface area contributed by atoms with Gasteiger partial charge >= 0.3 is 0 Å². The van der Waals surface area contributed by atoms with Crippen molar-refractivity contribution in [2.75, 3.05) is 0 Å². The molecule has 0 fully saturated rings. The summed E-state index contributed by atoms with van der Waals surface area (Å²) in [6.07, 6.45) is 0. The molecule has 5 aromatic rings. The van der Waals surface area contributed by atoms with Crippen LogP contribution in [0.3, 0.4) is 0 Å². The third-order valence-corrected chi connectivity index (χ3v) is 12.5. The molecular formula is C29H32NOSi+. The van der Waals surface area contributed by atoms with Crippen molar-refractivity contribution in [2.24, 2.45) is 7.05 Å². The van der Waals surface area contributed by atoms with Crippen molar-refractivity contribution in [3.63, 3.8) is 0 Å². The Labute approximate surface area is 191 Å². The summed E-state index contributed by atoms with van der Waals surface area (Å²) in [4.78, 5) is 0. The van der Waals surface area contributed by atoms with Crippen LogP contribution in [-0.4, -0.2) is 8.07 Å². The lowest BCUT2D eigenvalue weighted by Crippen LogP contribution is -2.47. The van der Waals surface area contributed by atoms with E-state index in [-0.39, 0.29) is 0 Å². The normalized spacial score (nSPS) is 12.5. The minimum absolute atomic E-state index is 0.649. The molecule has 2 aromatic heterocycles. The molecule has 0 saturated carbocycles. The van der Waals surface area contributed by atoms with E-state index in [0.29, 0.717) is 5.54 Å². The van der Waals surface area contributed by atoms with Gasteiger partial charge in [-0.2, -0.15) is 4.57 Å². The minimum Gasteiger partial charge on any atom is -0.455 e. The van der Waals surface area contributed by atoms with Crippen LogP contribution in [0.4, 0.5) is 0 Å². The largest absolute Gasteiger partial charge is 0.455 e. The van der Waals surface area contributed by atoms with E-state index in [1.165, 1.54) is 49.2 Å². The number of hydrogen-bond donors (Lipinski definition) is 0. The highest BCUT2D eigenvalue weighted by Crippen LogP contribution is 2.39. The van der Waals surface area contributed by atoms with E-state index in [1.54, 1.807) is 0 Å².